The summed E-state index contributed by atoms with van der Waals surface area (Å²) in [5.41, 5.74) is 0.555. The number of carbonyl (C=O) groups is 1. The van der Waals surface area contributed by atoms with Crippen LogP contribution >= 0.6 is 28.3 Å². The molecule has 2 N–H and O–H groups in total. The number of nitrogens with zero attached hydrogens (tertiary/aromatic N) is 1. The highest BCUT2D eigenvalue weighted by molar-refractivity contribution is 9.10. The van der Waals surface area contributed by atoms with E-state index in [9.17, 15) is 13.2 Å². The van der Waals surface area contributed by atoms with E-state index in [0.717, 1.165) is 12.8 Å². The maximum absolute atomic E-state index is 12.8. The fourth-order valence-electron chi connectivity index (χ4n) is 2.65. The maximum atomic E-state index is 12.8. The lowest BCUT2D eigenvalue weighted by Crippen LogP contribution is -2.40. The number of hydrogen-bond donors (Lipinski definition) is 2. The molecule has 0 aromatic heterocycles. The van der Waals surface area contributed by atoms with E-state index in [1.54, 1.807) is 10.4 Å². The molecule has 23 heavy (non-hydrogen) atoms. The van der Waals surface area contributed by atoms with Crippen LogP contribution in [0.4, 0.5) is 5.69 Å². The van der Waals surface area contributed by atoms with Crippen molar-refractivity contribution >= 4 is 50.0 Å². The Labute approximate surface area is 151 Å². The second-order valence-corrected chi connectivity index (χ2v) is 8.04. The van der Waals surface area contributed by atoms with Gasteiger partial charge in [0.05, 0.1) is 10.6 Å². The quantitative estimate of drug-likeness (QED) is 0.756. The summed E-state index contributed by atoms with van der Waals surface area (Å²) in [5.74, 6) is -0.204. The van der Waals surface area contributed by atoms with E-state index < -0.39 is 10.0 Å². The van der Waals surface area contributed by atoms with Crippen LogP contribution in [0.3, 0.4) is 0 Å². The number of anilines is 1. The summed E-state index contributed by atoms with van der Waals surface area (Å²) in [7, 11) is -1.71. The van der Waals surface area contributed by atoms with Gasteiger partial charge >= 0.3 is 0 Å². The average molecular weight is 427 g/mol. The first-order valence-corrected chi connectivity index (χ1v) is 9.33. The Hall–Kier alpha value is -0.670. The summed E-state index contributed by atoms with van der Waals surface area (Å²) in [4.78, 5) is 11.3. The molecule has 1 saturated heterocycles. The third kappa shape index (κ3) is 4.67. The van der Waals surface area contributed by atoms with Crippen LogP contribution < -0.4 is 10.6 Å². The average Bonchev–Trinajstić information content (AvgIpc) is 2.90. The van der Waals surface area contributed by atoms with Gasteiger partial charge in [0.15, 0.2) is 0 Å². The minimum absolute atomic E-state index is 0. The van der Waals surface area contributed by atoms with Crippen LogP contribution in [-0.4, -0.2) is 44.8 Å². The minimum Gasteiger partial charge on any atom is -0.325 e. The van der Waals surface area contributed by atoms with Crippen LogP contribution in [0.1, 0.15) is 19.8 Å². The van der Waals surface area contributed by atoms with Crippen molar-refractivity contribution in [3.8, 4) is 0 Å². The second kappa shape index (κ2) is 8.43. The number of carbonyl (C=O) groups excluding carboxylic acids is 1. The lowest BCUT2D eigenvalue weighted by Gasteiger charge is -2.24. The summed E-state index contributed by atoms with van der Waals surface area (Å²) in [6.07, 6.45) is 1.74. The van der Waals surface area contributed by atoms with E-state index in [4.69, 9.17) is 0 Å². The van der Waals surface area contributed by atoms with Gasteiger partial charge in [-0.25, -0.2) is 8.42 Å². The molecule has 1 heterocycles. The monoisotopic (exact) mass is 425 g/mol. The summed E-state index contributed by atoms with van der Waals surface area (Å²) >= 11 is 3.31. The maximum Gasteiger partial charge on any atom is 0.243 e. The van der Waals surface area contributed by atoms with Crippen molar-refractivity contribution < 1.29 is 13.2 Å². The molecule has 0 bridgehead atoms. The lowest BCUT2D eigenvalue weighted by molar-refractivity contribution is -0.114. The first kappa shape index (κ1) is 20.4. The minimum atomic E-state index is -3.53. The smallest absolute Gasteiger partial charge is 0.243 e. The molecule has 1 unspecified atom stereocenters. The fraction of sp³-hybridized carbons (Fsp3) is 0.500. The Bertz CT molecular complexity index is 669. The van der Waals surface area contributed by atoms with Crippen LogP contribution in [0, 0.1) is 0 Å². The molecule has 6 nitrogen and oxygen atoms in total. The zero-order valence-corrected chi connectivity index (χ0v) is 16.2. The topological polar surface area (TPSA) is 78.5 Å². The molecule has 1 atom stereocenters. The predicted octanol–water partition coefficient (Wildman–Crippen LogP) is 2.20. The number of halogens is 2. The van der Waals surface area contributed by atoms with Crippen molar-refractivity contribution in [2.45, 2.75) is 30.7 Å². The van der Waals surface area contributed by atoms with E-state index >= 15 is 0 Å². The van der Waals surface area contributed by atoms with Crippen molar-refractivity contribution in [3.63, 3.8) is 0 Å². The van der Waals surface area contributed by atoms with Crippen LogP contribution in [0.2, 0.25) is 0 Å². The number of amides is 1. The van der Waals surface area contributed by atoms with Gasteiger partial charge in [-0.15, -0.1) is 12.4 Å². The van der Waals surface area contributed by atoms with Gasteiger partial charge in [-0.1, -0.05) is 0 Å². The predicted molar refractivity (Wildman–Crippen MR) is 96.5 cm³/mol. The number of hydrogen-bond acceptors (Lipinski definition) is 4. The standard InChI is InChI=1S/C14H20BrN3O3S.ClH/c1-10(19)17-14-6-5-12(8-13(14)15)22(20,21)18-7-3-4-11(18)9-16-2;/h5-6,8,11,16H,3-4,7,9H2,1-2H3,(H,17,19);1H. The molecule has 0 radical (unpaired) electrons. The van der Waals surface area contributed by atoms with Crippen LogP contribution in [0.5, 0.6) is 0 Å². The van der Waals surface area contributed by atoms with Gasteiger partial charge in [0.25, 0.3) is 0 Å². The molecule has 0 spiro atoms. The van der Waals surface area contributed by atoms with E-state index in [-0.39, 0.29) is 29.3 Å². The molecule has 1 aromatic rings. The Morgan fingerprint density at radius 1 is 1.43 bits per heavy atom. The Kier molecular flexibility index (Phi) is 7.47. The van der Waals surface area contributed by atoms with Gasteiger partial charge in [-0.3, -0.25) is 4.79 Å². The van der Waals surface area contributed by atoms with Gasteiger partial charge in [0.2, 0.25) is 15.9 Å². The third-order valence-corrected chi connectivity index (χ3v) is 6.22. The zero-order chi connectivity index (χ0) is 16.3. The summed E-state index contributed by atoms with van der Waals surface area (Å²) < 4.78 is 27.7. The van der Waals surface area contributed by atoms with E-state index in [0.29, 0.717) is 23.2 Å². The molecule has 1 aliphatic heterocycles. The summed E-state index contributed by atoms with van der Waals surface area (Å²) in [6.45, 7) is 2.59. The zero-order valence-electron chi connectivity index (χ0n) is 13.0. The van der Waals surface area contributed by atoms with Gasteiger partial charge in [-0.2, -0.15) is 4.31 Å². The number of likely N-dealkylation sites (N-methyl/N-ethyl adjacent to an activating group) is 1. The number of nitrogens with one attached hydrogen (secondary N) is 2. The van der Waals surface area contributed by atoms with Gasteiger partial charge in [-0.05, 0) is 54.0 Å². The van der Waals surface area contributed by atoms with Crippen LogP contribution in [0.15, 0.2) is 27.6 Å². The van der Waals surface area contributed by atoms with Gasteiger partial charge < -0.3 is 10.6 Å². The molecule has 130 valence electrons. The molecule has 9 heteroatoms. The first-order valence-electron chi connectivity index (χ1n) is 7.10. The molecule has 2 rings (SSSR count). The molecule has 0 saturated carbocycles. The molecule has 0 aliphatic carbocycles. The summed E-state index contributed by atoms with van der Waals surface area (Å²) in [5, 5.41) is 5.69. The van der Waals surface area contributed by atoms with Gasteiger partial charge in [0, 0.05) is 30.5 Å². The molecular weight excluding hydrogens is 406 g/mol. The van der Waals surface area contributed by atoms with Crippen LogP contribution in [0.25, 0.3) is 0 Å². The number of rotatable bonds is 5. The van der Waals surface area contributed by atoms with Crippen LogP contribution in [-0.2, 0) is 14.8 Å². The normalized spacial score (nSPS) is 18.5. The molecule has 1 aliphatic rings. The Balaban J connectivity index is 0.00000264. The number of sulfonamides is 1. The second-order valence-electron chi connectivity index (χ2n) is 5.29. The Morgan fingerprint density at radius 3 is 2.70 bits per heavy atom. The van der Waals surface area contributed by atoms with E-state index in [1.165, 1.54) is 19.1 Å². The molecule has 1 aromatic carbocycles. The number of benzene rings is 1. The van der Waals surface area contributed by atoms with Gasteiger partial charge in [0.1, 0.15) is 0 Å². The molecule has 1 fully saturated rings. The highest BCUT2D eigenvalue weighted by Crippen LogP contribution is 2.30. The highest BCUT2D eigenvalue weighted by atomic mass is 79.9. The summed E-state index contributed by atoms with van der Waals surface area (Å²) in [6, 6.07) is 4.65. The van der Waals surface area contributed by atoms with Crippen molar-refractivity contribution in [2.75, 3.05) is 25.5 Å². The largest absolute Gasteiger partial charge is 0.325 e. The van der Waals surface area contributed by atoms with E-state index in [1.807, 2.05) is 7.05 Å². The first-order chi connectivity index (χ1) is 10.4. The van der Waals surface area contributed by atoms with E-state index in [2.05, 4.69) is 26.6 Å². The Morgan fingerprint density at radius 2 is 2.13 bits per heavy atom. The van der Waals surface area contributed by atoms with Crippen molar-refractivity contribution in [1.29, 1.82) is 0 Å². The van der Waals surface area contributed by atoms with Crippen molar-refractivity contribution in [3.05, 3.63) is 22.7 Å². The molecule has 1 amide bonds. The van der Waals surface area contributed by atoms with Crippen molar-refractivity contribution in [2.24, 2.45) is 0 Å². The third-order valence-electron chi connectivity index (χ3n) is 3.62. The lowest BCUT2D eigenvalue weighted by atomic mass is 10.2. The van der Waals surface area contributed by atoms with Crippen molar-refractivity contribution in [1.82, 2.24) is 9.62 Å². The molecular formula is C14H21BrClN3O3S. The SMILES string of the molecule is CNCC1CCCN1S(=O)(=O)c1ccc(NC(C)=O)c(Br)c1.Cl. The fourth-order valence-corrected chi connectivity index (χ4v) is 5.00. The highest BCUT2D eigenvalue weighted by Gasteiger charge is 2.34.